The molecule has 8 atom stereocenters. The van der Waals surface area contributed by atoms with Crippen LogP contribution in [0.25, 0.3) is 33.3 Å². The van der Waals surface area contributed by atoms with E-state index in [4.69, 9.17) is 14.5 Å². The Morgan fingerprint density at radius 3 is 2.51 bits per heavy atom. The number of hydrogen-bond donors (Lipinski definition) is 3. The lowest BCUT2D eigenvalue weighted by atomic mass is 9.84. The number of aryl methyl sites for hydroxylation is 1. The van der Waals surface area contributed by atoms with Crippen molar-refractivity contribution in [2.24, 2.45) is 29.1 Å². The molecular formula is C57H74N8O7. The molecule has 2 aromatic heterocycles. The molecule has 2 saturated carbocycles. The summed E-state index contributed by atoms with van der Waals surface area (Å²) in [5.74, 6) is -1.26. The number of rotatable bonds is 11. The maximum Gasteiger partial charge on any atom is 0.324 e. The average molecular weight is 983 g/mol. The molecule has 3 saturated heterocycles. The van der Waals surface area contributed by atoms with Gasteiger partial charge < -0.3 is 29.2 Å². The minimum atomic E-state index is -1.03. The van der Waals surface area contributed by atoms with Crippen molar-refractivity contribution in [1.82, 2.24) is 40.4 Å². The van der Waals surface area contributed by atoms with Gasteiger partial charge in [-0.15, -0.1) is 0 Å². The number of pyridine rings is 1. The number of esters is 1. The van der Waals surface area contributed by atoms with Gasteiger partial charge in [0, 0.05) is 80.9 Å². The SMILES string of the molecule is CCn1c(-c2cccnc2[C@H](C)OC)c2c3cc(ccc31)-c1cccc(c1)C[C@H](NC(=O)[C@H](C1CCCC1)N(C)C(=O)[C@H]1CN(C(=O)[C@@H]3N[C@@H]3C3CC3)C[C@H]1C)C(=O)N1CCC[C@H](N1)C(=O)OCC(C)(C)C2. The molecule has 2 aliphatic carbocycles. The lowest BCUT2D eigenvalue weighted by molar-refractivity contribution is -0.155. The average Bonchev–Trinajstić information content (AvgIpc) is 4.27. The van der Waals surface area contributed by atoms with Gasteiger partial charge >= 0.3 is 5.97 Å². The Kier molecular flexibility index (Phi) is 14.1. The molecular weight excluding hydrogens is 909 g/mol. The number of carbonyl (C=O) groups is 5. The van der Waals surface area contributed by atoms with E-state index in [1.165, 1.54) is 5.01 Å². The van der Waals surface area contributed by atoms with Gasteiger partial charge in [0.15, 0.2) is 0 Å². The number of fused-ring (bicyclic) bond motifs is 6. The summed E-state index contributed by atoms with van der Waals surface area (Å²) in [6.07, 6.45) is 9.17. The van der Waals surface area contributed by atoms with Gasteiger partial charge in [0.25, 0.3) is 5.91 Å². The summed E-state index contributed by atoms with van der Waals surface area (Å²) in [6, 6.07) is 16.3. The van der Waals surface area contributed by atoms with Crippen LogP contribution < -0.4 is 16.1 Å². The van der Waals surface area contributed by atoms with Gasteiger partial charge in [-0.25, -0.2) is 5.43 Å². The van der Waals surface area contributed by atoms with Crippen molar-refractivity contribution in [2.75, 3.05) is 40.4 Å². The van der Waals surface area contributed by atoms with E-state index in [0.29, 0.717) is 51.4 Å². The topological polar surface area (TPSA) is 177 Å². The number of aromatic nitrogens is 2. The summed E-state index contributed by atoms with van der Waals surface area (Å²) < 4.78 is 14.4. The third kappa shape index (κ3) is 9.92. The maximum atomic E-state index is 15.1. The monoisotopic (exact) mass is 983 g/mol. The Bertz CT molecular complexity index is 2730. The molecule has 2 aromatic carbocycles. The number of amides is 4. The highest BCUT2D eigenvalue weighted by Gasteiger charge is 2.54. The van der Waals surface area contributed by atoms with E-state index in [9.17, 15) is 19.2 Å². The molecule has 72 heavy (non-hydrogen) atoms. The Hall–Kier alpha value is -5.64. The van der Waals surface area contributed by atoms with Gasteiger partial charge in [-0.1, -0.05) is 63.9 Å². The zero-order valence-electron chi connectivity index (χ0n) is 43.2. The number of likely N-dealkylation sites (tertiary alicyclic amines) is 1. The Balaban J connectivity index is 0.985. The highest BCUT2D eigenvalue weighted by molar-refractivity contribution is 5.96. The summed E-state index contributed by atoms with van der Waals surface area (Å²) in [4.78, 5) is 80.6. The van der Waals surface area contributed by atoms with Crippen molar-refractivity contribution in [1.29, 1.82) is 0 Å². The lowest BCUT2D eigenvalue weighted by Crippen LogP contribution is -2.62. The van der Waals surface area contributed by atoms with Crippen molar-refractivity contribution in [2.45, 2.75) is 142 Å². The Morgan fingerprint density at radius 2 is 1.76 bits per heavy atom. The molecule has 5 fully saturated rings. The molecule has 6 heterocycles. The molecule has 6 aliphatic rings. The van der Waals surface area contributed by atoms with Crippen LogP contribution in [0.5, 0.6) is 0 Å². The number of ether oxygens (including phenoxy) is 2. The molecule has 4 aromatic rings. The summed E-state index contributed by atoms with van der Waals surface area (Å²) >= 11 is 0. The number of methoxy groups -OCH3 is 1. The van der Waals surface area contributed by atoms with E-state index in [2.05, 4.69) is 77.8 Å². The fraction of sp³-hybridized carbons (Fsp3) is 0.579. The van der Waals surface area contributed by atoms with Gasteiger partial charge in [0.2, 0.25) is 17.7 Å². The van der Waals surface area contributed by atoms with Gasteiger partial charge in [-0.2, -0.15) is 0 Å². The molecule has 384 valence electrons. The first-order chi connectivity index (χ1) is 34.6. The second-order valence-electron chi connectivity index (χ2n) is 22.6. The van der Waals surface area contributed by atoms with Gasteiger partial charge in [0.05, 0.1) is 30.0 Å². The van der Waals surface area contributed by atoms with Crippen LogP contribution in [0.2, 0.25) is 0 Å². The van der Waals surface area contributed by atoms with Crippen LogP contribution in [0.4, 0.5) is 0 Å². The molecule has 0 unspecified atom stereocenters. The largest absolute Gasteiger partial charge is 0.464 e. The number of nitrogens with one attached hydrogen (secondary N) is 3. The van der Waals surface area contributed by atoms with Gasteiger partial charge in [0.1, 0.15) is 24.2 Å². The van der Waals surface area contributed by atoms with Crippen molar-refractivity contribution in [3.05, 3.63) is 77.6 Å². The summed E-state index contributed by atoms with van der Waals surface area (Å²) in [5, 5.41) is 9.16. The van der Waals surface area contributed by atoms with Crippen LogP contribution in [-0.4, -0.2) is 125 Å². The summed E-state index contributed by atoms with van der Waals surface area (Å²) in [7, 11) is 3.42. The highest BCUT2D eigenvalue weighted by Crippen LogP contribution is 2.43. The van der Waals surface area contributed by atoms with E-state index >= 15 is 4.79 Å². The third-order valence-corrected chi connectivity index (χ3v) is 16.8. The molecule has 0 spiro atoms. The first-order valence-corrected chi connectivity index (χ1v) is 26.7. The fourth-order valence-electron chi connectivity index (χ4n) is 12.5. The maximum absolute atomic E-state index is 15.1. The molecule has 3 N–H and O–H groups in total. The zero-order chi connectivity index (χ0) is 50.6. The predicted molar refractivity (Wildman–Crippen MR) is 275 cm³/mol. The van der Waals surface area contributed by atoms with E-state index < -0.39 is 35.4 Å². The first-order valence-electron chi connectivity index (χ1n) is 26.7. The number of benzene rings is 2. The molecule has 0 radical (unpaired) electrons. The molecule has 6 bridgehead atoms. The number of cyclic esters (lactones) is 1. The van der Waals surface area contributed by atoms with Crippen molar-refractivity contribution < 1.29 is 33.4 Å². The standard InChI is InChI=1S/C57H74N8O7/c1-8-64-46-23-22-39-28-41(46)42(51(64)40-18-12-24-58-47(40)34(3)71-7)29-57(4,5)32-72-56(70)44-19-13-25-65(61-44)54(68)45(27-35-14-11-17-38(39)26-35)59-52(66)50(37-15-9-10-16-37)62(6)53(67)43-31-63(30-33(43)2)55(69)49-48(60-49)36-20-21-36/h11-12,14,17-18,22-24,26,28,33-34,36-37,43-45,48-50,60-61H,8-10,13,15-16,19-21,25,27,29-32H2,1-7H3,(H,59,66)/t33-,34+,43+,44+,45+,48-,49-,50+/m1/s1. The van der Waals surface area contributed by atoms with Crippen LogP contribution in [0.1, 0.15) is 109 Å². The molecule has 4 aliphatic heterocycles. The number of nitrogens with zero attached hydrogens (tertiary/aromatic N) is 5. The predicted octanol–water partition coefficient (Wildman–Crippen LogP) is 6.61. The third-order valence-electron chi connectivity index (χ3n) is 16.8. The lowest BCUT2D eigenvalue weighted by Gasteiger charge is -2.37. The molecule has 15 nitrogen and oxygen atoms in total. The van der Waals surface area contributed by atoms with Crippen LogP contribution in [0.15, 0.2) is 60.8 Å². The van der Waals surface area contributed by atoms with Crippen LogP contribution in [0.3, 0.4) is 0 Å². The minimum absolute atomic E-state index is 0.0690. The minimum Gasteiger partial charge on any atom is -0.464 e. The highest BCUT2D eigenvalue weighted by atomic mass is 16.5. The smallest absolute Gasteiger partial charge is 0.324 e. The quantitative estimate of drug-likeness (QED) is 0.110. The Labute approximate surface area is 424 Å². The number of carbonyl (C=O) groups excluding carboxylic acids is 5. The van der Waals surface area contributed by atoms with Crippen molar-refractivity contribution in [3.8, 4) is 22.4 Å². The van der Waals surface area contributed by atoms with E-state index in [0.717, 1.165) is 88.6 Å². The molecule has 4 amide bonds. The number of hydrazine groups is 1. The van der Waals surface area contributed by atoms with Crippen LogP contribution in [0, 0.1) is 29.1 Å². The fourth-order valence-corrected chi connectivity index (χ4v) is 12.5. The normalized spacial score (nSPS) is 26.5. The molecule has 10 rings (SSSR count). The van der Waals surface area contributed by atoms with Gasteiger partial charge in [-0.3, -0.25) is 39.3 Å². The first kappa shape index (κ1) is 49.9. The van der Waals surface area contributed by atoms with Gasteiger partial charge in [-0.05, 0) is 123 Å². The van der Waals surface area contributed by atoms with E-state index in [1.54, 1.807) is 25.3 Å². The number of hydrogen-bond acceptors (Lipinski definition) is 10. The van der Waals surface area contributed by atoms with Crippen LogP contribution >= 0.6 is 0 Å². The second kappa shape index (κ2) is 20.3. The number of likely N-dealkylation sites (N-methyl/N-ethyl adjacent to an activating group) is 1. The van der Waals surface area contributed by atoms with E-state index in [1.807, 2.05) is 36.9 Å². The van der Waals surface area contributed by atoms with E-state index in [-0.39, 0.29) is 66.7 Å². The van der Waals surface area contributed by atoms with Crippen molar-refractivity contribution >= 4 is 40.5 Å². The Morgan fingerprint density at radius 1 is 0.986 bits per heavy atom. The zero-order valence-corrected chi connectivity index (χ0v) is 43.2. The van der Waals surface area contributed by atoms with Crippen LogP contribution in [-0.2, 0) is 52.8 Å². The summed E-state index contributed by atoms with van der Waals surface area (Å²) in [6.45, 7) is 12.5. The van der Waals surface area contributed by atoms with Crippen molar-refractivity contribution in [3.63, 3.8) is 0 Å². The summed E-state index contributed by atoms with van der Waals surface area (Å²) in [5.41, 5.74) is 10.6. The second-order valence-corrected chi connectivity index (χ2v) is 22.6. The molecule has 15 heteroatoms.